The third-order valence-electron chi connectivity index (χ3n) is 1.12. The summed E-state index contributed by atoms with van der Waals surface area (Å²) in [5.74, 6) is -1.00. The Labute approximate surface area is 58.8 Å². The molecule has 0 saturated heterocycles. The lowest BCUT2D eigenvalue weighted by atomic mass is 10.2. The van der Waals surface area contributed by atoms with Crippen molar-refractivity contribution in [1.29, 1.82) is 0 Å². The lowest BCUT2D eigenvalue weighted by molar-refractivity contribution is -0.138. The molecule has 0 fully saturated rings. The van der Waals surface area contributed by atoms with Crippen LogP contribution >= 0.6 is 0 Å². The summed E-state index contributed by atoms with van der Waals surface area (Å²) in [5.41, 5.74) is 7.06. The van der Waals surface area contributed by atoms with Crippen molar-refractivity contribution in [2.45, 2.75) is 18.9 Å². The minimum Gasteiger partial charge on any atom is -0.480 e. The van der Waals surface area contributed by atoms with Crippen LogP contribution in [0.5, 0.6) is 0 Å². The van der Waals surface area contributed by atoms with Crippen molar-refractivity contribution in [2.24, 2.45) is 5.73 Å². The average molecular weight is 148 g/mol. The zero-order chi connectivity index (χ0) is 7.98. The Bertz CT molecular complexity index is 107. The Morgan fingerprint density at radius 1 is 1.70 bits per heavy atom. The maximum absolute atomic E-state index is 10.1. The van der Waals surface area contributed by atoms with Gasteiger partial charge in [-0.15, -0.1) is 0 Å². The molecule has 0 aromatic carbocycles. The number of rotatable bonds is 5. The van der Waals surface area contributed by atoms with Gasteiger partial charge in [0, 0.05) is 6.54 Å². The van der Waals surface area contributed by atoms with E-state index in [1.807, 2.05) is 5.48 Å². The summed E-state index contributed by atoms with van der Waals surface area (Å²) in [6.45, 7) is 0.376. The molecule has 0 rings (SSSR count). The van der Waals surface area contributed by atoms with Crippen LogP contribution in [0.15, 0.2) is 0 Å². The van der Waals surface area contributed by atoms with Crippen molar-refractivity contribution < 1.29 is 15.1 Å². The van der Waals surface area contributed by atoms with Crippen LogP contribution in [-0.2, 0) is 4.79 Å². The van der Waals surface area contributed by atoms with Gasteiger partial charge in [-0.1, -0.05) is 0 Å². The predicted molar refractivity (Wildman–Crippen MR) is 34.6 cm³/mol. The van der Waals surface area contributed by atoms with Crippen LogP contribution in [0.4, 0.5) is 0 Å². The number of aliphatic carboxylic acids is 1. The SMILES string of the molecule is N[C@H](CCCNO)C(=O)O. The van der Waals surface area contributed by atoms with E-state index in [0.29, 0.717) is 19.4 Å². The monoisotopic (exact) mass is 148 g/mol. The van der Waals surface area contributed by atoms with Crippen LogP contribution in [0, 0.1) is 0 Å². The summed E-state index contributed by atoms with van der Waals surface area (Å²) in [4.78, 5) is 10.1. The number of nitrogens with one attached hydrogen (secondary N) is 1. The number of nitrogens with two attached hydrogens (primary N) is 1. The molecule has 5 nitrogen and oxygen atoms in total. The van der Waals surface area contributed by atoms with E-state index >= 15 is 0 Å². The predicted octanol–water partition coefficient (Wildman–Crippen LogP) is -0.843. The second-order valence-electron chi connectivity index (χ2n) is 2.00. The third-order valence-corrected chi connectivity index (χ3v) is 1.12. The summed E-state index contributed by atoms with van der Waals surface area (Å²) in [6.07, 6.45) is 0.937. The fourth-order valence-corrected chi connectivity index (χ4v) is 0.525. The van der Waals surface area contributed by atoms with Gasteiger partial charge < -0.3 is 16.0 Å². The normalized spacial score (nSPS) is 13.0. The van der Waals surface area contributed by atoms with Gasteiger partial charge in [0.25, 0.3) is 0 Å². The first-order chi connectivity index (χ1) is 4.68. The van der Waals surface area contributed by atoms with E-state index in [2.05, 4.69) is 0 Å². The molecule has 0 aliphatic rings. The molecule has 1 atom stereocenters. The van der Waals surface area contributed by atoms with Crippen molar-refractivity contribution >= 4 is 5.97 Å². The maximum Gasteiger partial charge on any atom is 0.320 e. The molecule has 0 amide bonds. The van der Waals surface area contributed by atoms with E-state index < -0.39 is 12.0 Å². The molecule has 10 heavy (non-hydrogen) atoms. The van der Waals surface area contributed by atoms with Crippen molar-refractivity contribution in [3.63, 3.8) is 0 Å². The van der Waals surface area contributed by atoms with E-state index in [9.17, 15) is 4.79 Å². The minimum absolute atomic E-state index is 0.376. The Morgan fingerprint density at radius 2 is 2.30 bits per heavy atom. The number of carboxylic acid groups (broad SMARTS) is 1. The van der Waals surface area contributed by atoms with Gasteiger partial charge in [-0.05, 0) is 12.8 Å². The van der Waals surface area contributed by atoms with E-state index in [4.69, 9.17) is 16.0 Å². The van der Waals surface area contributed by atoms with Gasteiger partial charge in [0.05, 0.1) is 0 Å². The van der Waals surface area contributed by atoms with Gasteiger partial charge >= 0.3 is 5.97 Å². The highest BCUT2D eigenvalue weighted by molar-refractivity contribution is 5.72. The molecule has 5 N–H and O–H groups in total. The molecule has 0 bridgehead atoms. The number of hydrogen-bond donors (Lipinski definition) is 4. The molecule has 0 unspecified atom stereocenters. The van der Waals surface area contributed by atoms with Crippen LogP contribution in [0.2, 0.25) is 0 Å². The summed E-state index contributed by atoms with van der Waals surface area (Å²) in [6, 6.07) is -0.812. The molecule has 0 aliphatic heterocycles. The lowest BCUT2D eigenvalue weighted by Gasteiger charge is -2.03. The molecule has 0 aromatic heterocycles. The van der Waals surface area contributed by atoms with Crippen LogP contribution in [0.25, 0.3) is 0 Å². The van der Waals surface area contributed by atoms with E-state index in [-0.39, 0.29) is 0 Å². The van der Waals surface area contributed by atoms with E-state index in [0.717, 1.165) is 0 Å². The van der Waals surface area contributed by atoms with Crippen molar-refractivity contribution in [3.05, 3.63) is 0 Å². The Kier molecular flexibility index (Phi) is 4.82. The van der Waals surface area contributed by atoms with Gasteiger partial charge in [-0.25, -0.2) is 5.48 Å². The van der Waals surface area contributed by atoms with Crippen molar-refractivity contribution in [3.8, 4) is 0 Å². The summed E-state index contributed by atoms with van der Waals surface area (Å²) in [5, 5.41) is 16.4. The fourth-order valence-electron chi connectivity index (χ4n) is 0.525. The molecule has 0 aromatic rings. The van der Waals surface area contributed by atoms with Gasteiger partial charge in [0.1, 0.15) is 6.04 Å². The van der Waals surface area contributed by atoms with Gasteiger partial charge in [0.15, 0.2) is 0 Å². The molecule has 0 heterocycles. The summed E-state index contributed by atoms with van der Waals surface area (Å²) in [7, 11) is 0. The maximum atomic E-state index is 10.1. The Morgan fingerprint density at radius 3 is 2.70 bits per heavy atom. The molecule has 0 radical (unpaired) electrons. The Balaban J connectivity index is 3.21. The number of carboxylic acids is 1. The Hall–Kier alpha value is -0.650. The second kappa shape index (κ2) is 5.16. The standard InChI is InChI=1S/C5H12N2O3/c6-4(5(8)9)2-1-3-7-10/h4,7,10H,1-3,6H2,(H,8,9)/t4-/m1/s1. The highest BCUT2D eigenvalue weighted by Crippen LogP contribution is 1.91. The van der Waals surface area contributed by atoms with Crippen LogP contribution in [0.3, 0.4) is 0 Å². The topological polar surface area (TPSA) is 95.6 Å². The fraction of sp³-hybridized carbons (Fsp3) is 0.800. The minimum atomic E-state index is -1.00. The zero-order valence-corrected chi connectivity index (χ0v) is 5.58. The molecule has 0 aliphatic carbocycles. The van der Waals surface area contributed by atoms with Crippen LogP contribution in [0.1, 0.15) is 12.8 Å². The quantitative estimate of drug-likeness (QED) is 0.301. The van der Waals surface area contributed by atoms with Gasteiger partial charge in [-0.2, -0.15) is 0 Å². The number of hydroxylamine groups is 1. The average Bonchev–Trinajstić information content (AvgIpc) is 1.88. The van der Waals surface area contributed by atoms with Gasteiger partial charge in [0.2, 0.25) is 0 Å². The van der Waals surface area contributed by atoms with E-state index in [1.165, 1.54) is 0 Å². The van der Waals surface area contributed by atoms with Gasteiger partial charge in [-0.3, -0.25) is 4.79 Å². The molecular weight excluding hydrogens is 136 g/mol. The van der Waals surface area contributed by atoms with Crippen LogP contribution < -0.4 is 11.2 Å². The summed E-state index contributed by atoms with van der Waals surface area (Å²) < 4.78 is 0. The molecule has 60 valence electrons. The first kappa shape index (κ1) is 9.35. The van der Waals surface area contributed by atoms with Crippen LogP contribution in [-0.4, -0.2) is 28.9 Å². The third kappa shape index (κ3) is 4.25. The number of carbonyl (C=O) groups is 1. The first-order valence-corrected chi connectivity index (χ1v) is 3.04. The second-order valence-corrected chi connectivity index (χ2v) is 2.00. The first-order valence-electron chi connectivity index (χ1n) is 3.04. The molecule has 0 spiro atoms. The highest BCUT2D eigenvalue weighted by atomic mass is 16.5. The lowest BCUT2D eigenvalue weighted by Crippen LogP contribution is -2.30. The van der Waals surface area contributed by atoms with Crippen molar-refractivity contribution in [2.75, 3.05) is 6.54 Å². The van der Waals surface area contributed by atoms with Crippen molar-refractivity contribution in [1.82, 2.24) is 5.48 Å². The zero-order valence-electron chi connectivity index (χ0n) is 5.58. The summed E-state index contributed by atoms with van der Waals surface area (Å²) >= 11 is 0. The largest absolute Gasteiger partial charge is 0.480 e. The smallest absolute Gasteiger partial charge is 0.320 e. The highest BCUT2D eigenvalue weighted by Gasteiger charge is 2.09. The molecule has 5 heteroatoms. The molecule has 0 saturated carbocycles. The number of hydrogen-bond acceptors (Lipinski definition) is 4. The molecular formula is C5H12N2O3. The van der Waals surface area contributed by atoms with E-state index in [1.54, 1.807) is 0 Å².